The number of fused-ring (bicyclic) bond motifs is 5. The number of benzene rings is 2. The number of hydrogen-bond donors (Lipinski definition) is 0. The molecule has 0 N–H and O–H groups in total. The molecule has 2 aromatic carbocycles. The second kappa shape index (κ2) is 6.92. The van der Waals surface area contributed by atoms with Crippen LogP contribution in [0.25, 0.3) is 31.9 Å². The third-order valence-corrected chi connectivity index (χ3v) is 5.16. The van der Waals surface area contributed by atoms with E-state index >= 15 is 0 Å². The highest BCUT2D eigenvalue weighted by Gasteiger charge is 2.22. The van der Waals surface area contributed by atoms with Crippen LogP contribution in [0.15, 0.2) is 41.8 Å². The maximum absolute atomic E-state index is 12.7. The second-order valence-corrected chi connectivity index (χ2v) is 6.69. The molecule has 0 radical (unpaired) electrons. The first-order valence-electron chi connectivity index (χ1n) is 8.60. The first-order chi connectivity index (χ1) is 13.2. The van der Waals surface area contributed by atoms with Crippen LogP contribution in [-0.4, -0.2) is 30.0 Å². The number of nitrogens with zero attached hydrogens (tertiary/aromatic N) is 1. The highest BCUT2D eigenvalue weighted by Crippen LogP contribution is 2.41. The molecule has 0 saturated heterocycles. The van der Waals surface area contributed by atoms with Crippen LogP contribution in [0.5, 0.6) is 5.75 Å². The minimum Gasteiger partial charge on any atom is -0.449 e. The Morgan fingerprint density at radius 3 is 2.56 bits per heavy atom. The summed E-state index contributed by atoms with van der Waals surface area (Å²) in [5.41, 5.74) is 1.49. The van der Waals surface area contributed by atoms with Crippen molar-refractivity contribution in [3.05, 3.63) is 41.8 Å². The van der Waals surface area contributed by atoms with Crippen LogP contribution in [0.4, 0.5) is 9.59 Å². The summed E-state index contributed by atoms with van der Waals surface area (Å²) < 4.78 is 18.0. The molecule has 4 aromatic rings. The SMILES string of the molecule is CCOC(=O)Oc1cc2c3ccccc3n(C(=O)OCC)c2c2sccc12. The summed E-state index contributed by atoms with van der Waals surface area (Å²) in [6.07, 6.45) is -1.18. The van der Waals surface area contributed by atoms with Gasteiger partial charge in [0.15, 0.2) is 0 Å². The van der Waals surface area contributed by atoms with Crippen LogP contribution in [0, 0.1) is 0 Å². The topological polar surface area (TPSA) is 66.8 Å². The van der Waals surface area contributed by atoms with Gasteiger partial charge in [-0.05, 0) is 37.4 Å². The Labute approximate surface area is 158 Å². The predicted octanol–water partition coefficient (Wildman–Crippen LogP) is 5.55. The number of carbonyl (C=O) groups is 2. The Kier molecular flexibility index (Phi) is 4.45. The van der Waals surface area contributed by atoms with E-state index in [1.54, 1.807) is 24.5 Å². The van der Waals surface area contributed by atoms with E-state index in [0.717, 1.165) is 31.9 Å². The molecule has 0 unspecified atom stereocenters. The van der Waals surface area contributed by atoms with Crippen LogP contribution in [0.3, 0.4) is 0 Å². The summed E-state index contributed by atoms with van der Waals surface area (Å²) in [5, 5.41) is 4.33. The number of rotatable bonds is 3. The molecule has 138 valence electrons. The van der Waals surface area contributed by atoms with E-state index in [-0.39, 0.29) is 13.2 Å². The highest BCUT2D eigenvalue weighted by atomic mass is 32.1. The molecule has 0 aliphatic carbocycles. The maximum Gasteiger partial charge on any atom is 0.513 e. The van der Waals surface area contributed by atoms with Crippen molar-refractivity contribution in [2.75, 3.05) is 13.2 Å². The van der Waals surface area contributed by atoms with Crippen molar-refractivity contribution in [2.45, 2.75) is 13.8 Å². The standard InChI is InChI=1S/C20H17NO5S/c1-3-24-19(22)21-15-8-6-5-7-12(15)14-11-16(26-20(23)25-4-2)13-9-10-27-18(13)17(14)21/h5-11H,3-4H2,1-2H3. The van der Waals surface area contributed by atoms with Gasteiger partial charge in [-0.15, -0.1) is 11.3 Å². The zero-order chi connectivity index (χ0) is 19.0. The smallest absolute Gasteiger partial charge is 0.449 e. The van der Waals surface area contributed by atoms with Crippen molar-refractivity contribution in [3.8, 4) is 5.75 Å². The summed E-state index contributed by atoms with van der Waals surface area (Å²) in [5.74, 6) is 0.406. The Hall–Kier alpha value is -3.06. The number of para-hydroxylation sites is 1. The molecule has 0 spiro atoms. The third-order valence-electron chi connectivity index (χ3n) is 4.24. The zero-order valence-corrected chi connectivity index (χ0v) is 15.7. The van der Waals surface area contributed by atoms with Crippen LogP contribution < -0.4 is 4.74 Å². The third kappa shape index (κ3) is 2.80. The second-order valence-electron chi connectivity index (χ2n) is 5.77. The van der Waals surface area contributed by atoms with Crippen molar-refractivity contribution in [3.63, 3.8) is 0 Å². The van der Waals surface area contributed by atoms with E-state index in [1.807, 2.05) is 35.7 Å². The molecule has 0 aliphatic rings. The van der Waals surface area contributed by atoms with E-state index in [9.17, 15) is 9.59 Å². The summed E-state index contributed by atoms with van der Waals surface area (Å²) in [7, 11) is 0. The Morgan fingerprint density at radius 2 is 1.78 bits per heavy atom. The van der Waals surface area contributed by atoms with Crippen molar-refractivity contribution in [1.29, 1.82) is 0 Å². The number of ether oxygens (including phenoxy) is 3. The molecule has 0 bridgehead atoms. The fraction of sp³-hybridized carbons (Fsp3) is 0.200. The minimum absolute atomic E-state index is 0.232. The molecule has 7 heteroatoms. The highest BCUT2D eigenvalue weighted by molar-refractivity contribution is 7.18. The van der Waals surface area contributed by atoms with E-state index in [4.69, 9.17) is 14.2 Å². The number of carbonyl (C=O) groups excluding carboxylic acids is 2. The van der Waals surface area contributed by atoms with Gasteiger partial charge in [0, 0.05) is 16.2 Å². The largest absolute Gasteiger partial charge is 0.513 e. The molecular formula is C20H17NO5S. The van der Waals surface area contributed by atoms with Crippen LogP contribution in [-0.2, 0) is 9.47 Å². The van der Waals surface area contributed by atoms with E-state index in [2.05, 4.69) is 0 Å². The van der Waals surface area contributed by atoms with Crippen LogP contribution >= 0.6 is 11.3 Å². The first kappa shape index (κ1) is 17.4. The summed E-state index contributed by atoms with van der Waals surface area (Å²) >= 11 is 1.48. The van der Waals surface area contributed by atoms with Gasteiger partial charge in [0.25, 0.3) is 0 Å². The minimum atomic E-state index is -0.751. The maximum atomic E-state index is 12.7. The van der Waals surface area contributed by atoms with Gasteiger partial charge in [-0.1, -0.05) is 18.2 Å². The molecule has 0 aliphatic heterocycles. The number of hydrogen-bond acceptors (Lipinski definition) is 6. The lowest BCUT2D eigenvalue weighted by molar-refractivity contribution is 0.105. The van der Waals surface area contributed by atoms with Crippen molar-refractivity contribution < 1.29 is 23.8 Å². The molecule has 0 saturated carbocycles. The Balaban J connectivity index is 2.06. The van der Waals surface area contributed by atoms with Gasteiger partial charge >= 0.3 is 12.2 Å². The lowest BCUT2D eigenvalue weighted by Crippen LogP contribution is -2.13. The van der Waals surface area contributed by atoms with Gasteiger partial charge in [-0.25, -0.2) is 14.2 Å². The fourth-order valence-corrected chi connectivity index (χ4v) is 4.18. The Bertz CT molecular complexity index is 1170. The number of thiophene rings is 1. The Morgan fingerprint density at radius 1 is 1.00 bits per heavy atom. The predicted molar refractivity (Wildman–Crippen MR) is 105 cm³/mol. The lowest BCUT2D eigenvalue weighted by atomic mass is 10.1. The lowest BCUT2D eigenvalue weighted by Gasteiger charge is -2.09. The number of aromatic nitrogens is 1. The van der Waals surface area contributed by atoms with Gasteiger partial charge in [0.1, 0.15) is 5.75 Å². The summed E-state index contributed by atoms with van der Waals surface area (Å²) in [6, 6.07) is 11.2. The van der Waals surface area contributed by atoms with Gasteiger partial charge in [-0.3, -0.25) is 0 Å². The molecular weight excluding hydrogens is 366 g/mol. The van der Waals surface area contributed by atoms with Gasteiger partial charge < -0.3 is 14.2 Å². The normalized spacial score (nSPS) is 11.2. The van der Waals surface area contributed by atoms with E-state index in [0.29, 0.717) is 5.75 Å². The molecule has 6 nitrogen and oxygen atoms in total. The fourth-order valence-electron chi connectivity index (χ4n) is 3.23. The van der Waals surface area contributed by atoms with Gasteiger partial charge in [0.2, 0.25) is 0 Å². The molecule has 2 heterocycles. The first-order valence-corrected chi connectivity index (χ1v) is 9.48. The quantitative estimate of drug-likeness (QED) is 0.343. The summed E-state index contributed by atoms with van der Waals surface area (Å²) in [4.78, 5) is 24.5. The molecule has 0 fully saturated rings. The van der Waals surface area contributed by atoms with Crippen LogP contribution in [0.1, 0.15) is 13.8 Å². The zero-order valence-electron chi connectivity index (χ0n) is 14.9. The van der Waals surface area contributed by atoms with Crippen LogP contribution in [0.2, 0.25) is 0 Å². The van der Waals surface area contributed by atoms with Crippen molar-refractivity contribution in [2.24, 2.45) is 0 Å². The average molecular weight is 383 g/mol. The molecule has 2 aromatic heterocycles. The van der Waals surface area contributed by atoms with E-state index < -0.39 is 12.2 Å². The molecule has 4 rings (SSSR count). The monoisotopic (exact) mass is 383 g/mol. The van der Waals surface area contributed by atoms with Gasteiger partial charge in [-0.2, -0.15) is 0 Å². The molecule has 0 amide bonds. The van der Waals surface area contributed by atoms with E-state index in [1.165, 1.54) is 11.3 Å². The van der Waals surface area contributed by atoms with Gasteiger partial charge in [0.05, 0.1) is 28.9 Å². The summed E-state index contributed by atoms with van der Waals surface area (Å²) in [6.45, 7) is 4.01. The van der Waals surface area contributed by atoms with Crippen molar-refractivity contribution >= 4 is 55.5 Å². The average Bonchev–Trinajstić information content (AvgIpc) is 3.25. The van der Waals surface area contributed by atoms with Crippen molar-refractivity contribution in [1.82, 2.24) is 4.57 Å². The molecule has 0 atom stereocenters. The molecule has 27 heavy (non-hydrogen) atoms.